The zero-order chi connectivity index (χ0) is 10.4. The summed E-state index contributed by atoms with van der Waals surface area (Å²) < 4.78 is 5.51. The summed E-state index contributed by atoms with van der Waals surface area (Å²) in [5, 5.41) is 9.83. The first-order valence-electron chi connectivity index (χ1n) is 6.02. The molecule has 0 aliphatic carbocycles. The molecule has 1 saturated heterocycles. The van der Waals surface area contributed by atoms with Crippen LogP contribution in [0.1, 0.15) is 52.4 Å². The van der Waals surface area contributed by atoms with E-state index in [4.69, 9.17) is 4.74 Å². The van der Waals surface area contributed by atoms with Crippen molar-refractivity contribution in [2.75, 3.05) is 6.61 Å². The third-order valence-corrected chi connectivity index (χ3v) is 3.01. The van der Waals surface area contributed by atoms with Crippen molar-refractivity contribution < 1.29 is 9.84 Å². The lowest BCUT2D eigenvalue weighted by Gasteiger charge is -2.18. The average Bonchev–Trinajstić information content (AvgIpc) is 2.56. The van der Waals surface area contributed by atoms with Crippen LogP contribution >= 0.6 is 0 Å². The molecular formula is C12H24O2. The number of ether oxygens (including phenoxy) is 1. The lowest BCUT2D eigenvalue weighted by molar-refractivity contribution is 0.0442. The van der Waals surface area contributed by atoms with Crippen LogP contribution in [0.3, 0.4) is 0 Å². The fraction of sp³-hybridized carbons (Fsp3) is 1.00. The molecule has 1 fully saturated rings. The minimum Gasteiger partial charge on any atom is -0.393 e. The standard InChI is InChI=1S/C12H24O2/c1-3-5-10(2)8-11(13)9-12-6-4-7-14-12/h10-13H,3-9H2,1-2H3. The van der Waals surface area contributed by atoms with Crippen LogP contribution < -0.4 is 0 Å². The Hall–Kier alpha value is -0.0800. The van der Waals surface area contributed by atoms with Crippen molar-refractivity contribution in [2.45, 2.75) is 64.6 Å². The molecule has 0 radical (unpaired) electrons. The van der Waals surface area contributed by atoms with Gasteiger partial charge in [0.2, 0.25) is 0 Å². The number of hydrogen-bond donors (Lipinski definition) is 1. The molecule has 1 N–H and O–H groups in total. The zero-order valence-corrected chi connectivity index (χ0v) is 9.54. The number of rotatable bonds is 6. The van der Waals surface area contributed by atoms with Gasteiger partial charge in [-0.3, -0.25) is 0 Å². The smallest absolute Gasteiger partial charge is 0.0600 e. The van der Waals surface area contributed by atoms with Crippen molar-refractivity contribution in [3.63, 3.8) is 0 Å². The maximum atomic E-state index is 9.83. The lowest BCUT2D eigenvalue weighted by Crippen LogP contribution is -2.19. The minimum atomic E-state index is -0.153. The van der Waals surface area contributed by atoms with Crippen LogP contribution in [-0.4, -0.2) is 23.9 Å². The van der Waals surface area contributed by atoms with E-state index in [-0.39, 0.29) is 6.10 Å². The summed E-state index contributed by atoms with van der Waals surface area (Å²) in [6, 6.07) is 0. The topological polar surface area (TPSA) is 29.5 Å². The van der Waals surface area contributed by atoms with Crippen LogP contribution in [0.2, 0.25) is 0 Å². The van der Waals surface area contributed by atoms with E-state index in [0.29, 0.717) is 12.0 Å². The second-order valence-electron chi connectivity index (χ2n) is 4.65. The van der Waals surface area contributed by atoms with Crippen LogP contribution in [0.25, 0.3) is 0 Å². The maximum Gasteiger partial charge on any atom is 0.0600 e. The van der Waals surface area contributed by atoms with Gasteiger partial charge in [-0.25, -0.2) is 0 Å². The number of aliphatic hydroxyl groups excluding tert-OH is 1. The molecule has 0 aromatic rings. The molecule has 1 rings (SSSR count). The molecule has 14 heavy (non-hydrogen) atoms. The monoisotopic (exact) mass is 200 g/mol. The highest BCUT2D eigenvalue weighted by molar-refractivity contribution is 4.71. The Morgan fingerprint density at radius 3 is 2.86 bits per heavy atom. The van der Waals surface area contributed by atoms with Gasteiger partial charge < -0.3 is 9.84 Å². The van der Waals surface area contributed by atoms with Crippen LogP contribution in [0, 0.1) is 5.92 Å². The zero-order valence-electron chi connectivity index (χ0n) is 9.54. The van der Waals surface area contributed by atoms with E-state index in [9.17, 15) is 5.11 Å². The average molecular weight is 200 g/mol. The van der Waals surface area contributed by atoms with E-state index in [1.807, 2.05) is 0 Å². The third-order valence-electron chi connectivity index (χ3n) is 3.01. The summed E-state index contributed by atoms with van der Waals surface area (Å²) >= 11 is 0. The predicted molar refractivity (Wildman–Crippen MR) is 58.3 cm³/mol. The second-order valence-corrected chi connectivity index (χ2v) is 4.65. The quantitative estimate of drug-likeness (QED) is 0.714. The Bertz CT molecular complexity index is 141. The molecule has 3 atom stereocenters. The van der Waals surface area contributed by atoms with E-state index in [1.165, 1.54) is 19.3 Å². The van der Waals surface area contributed by atoms with Gasteiger partial charge in [-0.2, -0.15) is 0 Å². The van der Waals surface area contributed by atoms with E-state index in [1.54, 1.807) is 0 Å². The Kier molecular flexibility index (Phi) is 5.49. The molecule has 0 amide bonds. The highest BCUT2D eigenvalue weighted by Crippen LogP contribution is 2.21. The van der Waals surface area contributed by atoms with Crippen molar-refractivity contribution in [2.24, 2.45) is 5.92 Å². The van der Waals surface area contributed by atoms with Crippen LogP contribution in [0.5, 0.6) is 0 Å². The maximum absolute atomic E-state index is 9.83. The largest absolute Gasteiger partial charge is 0.393 e. The molecule has 0 saturated carbocycles. The van der Waals surface area contributed by atoms with Gasteiger partial charge in [0, 0.05) is 6.61 Å². The van der Waals surface area contributed by atoms with E-state index in [2.05, 4.69) is 13.8 Å². The van der Waals surface area contributed by atoms with Crippen molar-refractivity contribution in [3.8, 4) is 0 Å². The Morgan fingerprint density at radius 2 is 2.29 bits per heavy atom. The Balaban J connectivity index is 2.10. The van der Waals surface area contributed by atoms with Gasteiger partial charge in [-0.1, -0.05) is 26.7 Å². The third kappa shape index (κ3) is 4.43. The fourth-order valence-corrected chi connectivity index (χ4v) is 2.31. The van der Waals surface area contributed by atoms with E-state index in [0.717, 1.165) is 25.9 Å². The fourth-order valence-electron chi connectivity index (χ4n) is 2.31. The van der Waals surface area contributed by atoms with Gasteiger partial charge in [0.15, 0.2) is 0 Å². The molecule has 0 bridgehead atoms. The summed E-state index contributed by atoms with van der Waals surface area (Å²) in [5.74, 6) is 0.649. The molecular weight excluding hydrogens is 176 g/mol. The van der Waals surface area contributed by atoms with Gasteiger partial charge in [0.25, 0.3) is 0 Å². The summed E-state index contributed by atoms with van der Waals surface area (Å²) in [6.07, 6.45) is 6.71. The van der Waals surface area contributed by atoms with E-state index < -0.39 is 0 Å². The van der Waals surface area contributed by atoms with Gasteiger partial charge in [-0.05, 0) is 31.6 Å². The molecule has 3 unspecified atom stereocenters. The molecule has 1 heterocycles. The molecule has 0 aromatic heterocycles. The first kappa shape index (κ1) is 12.0. The van der Waals surface area contributed by atoms with Crippen molar-refractivity contribution >= 4 is 0 Å². The SMILES string of the molecule is CCCC(C)CC(O)CC1CCCO1. The van der Waals surface area contributed by atoms with Crippen LogP contribution in [0.15, 0.2) is 0 Å². The first-order chi connectivity index (χ1) is 6.72. The predicted octanol–water partition coefficient (Wildman–Crippen LogP) is 2.74. The van der Waals surface area contributed by atoms with Gasteiger partial charge in [-0.15, -0.1) is 0 Å². The van der Waals surface area contributed by atoms with E-state index >= 15 is 0 Å². The summed E-state index contributed by atoms with van der Waals surface area (Å²) in [5.41, 5.74) is 0. The molecule has 1 aliphatic rings. The Morgan fingerprint density at radius 1 is 1.50 bits per heavy atom. The van der Waals surface area contributed by atoms with Gasteiger partial charge in [0.1, 0.15) is 0 Å². The molecule has 1 aliphatic heterocycles. The molecule has 2 heteroatoms. The summed E-state index contributed by atoms with van der Waals surface area (Å²) in [6.45, 7) is 5.31. The van der Waals surface area contributed by atoms with Gasteiger partial charge in [0.05, 0.1) is 12.2 Å². The van der Waals surface area contributed by atoms with Crippen molar-refractivity contribution in [3.05, 3.63) is 0 Å². The lowest BCUT2D eigenvalue weighted by atomic mass is 9.95. The molecule has 0 spiro atoms. The van der Waals surface area contributed by atoms with Crippen molar-refractivity contribution in [1.29, 1.82) is 0 Å². The first-order valence-corrected chi connectivity index (χ1v) is 6.02. The molecule has 0 aromatic carbocycles. The number of aliphatic hydroxyl groups is 1. The molecule has 84 valence electrons. The Labute approximate surface area is 87.7 Å². The number of hydrogen-bond acceptors (Lipinski definition) is 2. The van der Waals surface area contributed by atoms with Crippen molar-refractivity contribution in [1.82, 2.24) is 0 Å². The molecule has 2 nitrogen and oxygen atoms in total. The second kappa shape index (κ2) is 6.41. The van der Waals surface area contributed by atoms with Crippen LogP contribution in [0.4, 0.5) is 0 Å². The highest BCUT2D eigenvalue weighted by atomic mass is 16.5. The highest BCUT2D eigenvalue weighted by Gasteiger charge is 2.20. The summed E-state index contributed by atoms with van der Waals surface area (Å²) in [4.78, 5) is 0. The normalized spacial score (nSPS) is 26.4. The van der Waals surface area contributed by atoms with Crippen LogP contribution in [-0.2, 0) is 4.74 Å². The summed E-state index contributed by atoms with van der Waals surface area (Å²) in [7, 11) is 0. The minimum absolute atomic E-state index is 0.153. The van der Waals surface area contributed by atoms with Gasteiger partial charge >= 0.3 is 0 Å².